The molecule has 1 saturated heterocycles. The van der Waals surface area contributed by atoms with Gasteiger partial charge in [0.2, 0.25) is 0 Å². The first-order valence-corrected chi connectivity index (χ1v) is 6.73. The van der Waals surface area contributed by atoms with Crippen LogP contribution in [-0.4, -0.2) is 35.7 Å². The van der Waals surface area contributed by atoms with E-state index in [0.29, 0.717) is 0 Å². The second-order valence-corrected chi connectivity index (χ2v) is 5.75. The average Bonchev–Trinajstić information content (AvgIpc) is 2.09. The maximum absolute atomic E-state index is 6.08. The molecular formula is C10H22O2P2. The molecule has 0 aliphatic carbocycles. The van der Waals surface area contributed by atoms with Crippen molar-refractivity contribution in [2.45, 2.75) is 51.1 Å². The van der Waals surface area contributed by atoms with Crippen molar-refractivity contribution in [3.63, 3.8) is 0 Å². The van der Waals surface area contributed by atoms with Crippen LogP contribution in [0.5, 0.6) is 0 Å². The van der Waals surface area contributed by atoms with Crippen LogP contribution in [0.15, 0.2) is 0 Å². The lowest BCUT2D eigenvalue weighted by Crippen LogP contribution is -2.61. The molecule has 4 heteroatoms. The fourth-order valence-corrected chi connectivity index (χ4v) is 2.39. The van der Waals surface area contributed by atoms with E-state index in [1.807, 2.05) is 0 Å². The third-order valence-corrected chi connectivity index (χ3v) is 4.15. The van der Waals surface area contributed by atoms with Gasteiger partial charge >= 0.3 is 0 Å². The molecule has 0 aromatic rings. The van der Waals surface area contributed by atoms with Crippen LogP contribution in [0, 0.1) is 0 Å². The number of ether oxygens (including phenoxy) is 2. The molecule has 1 aliphatic rings. The van der Waals surface area contributed by atoms with Crippen molar-refractivity contribution in [2.75, 3.05) is 12.3 Å². The Bertz CT molecular complexity index is 182. The molecule has 1 aliphatic heterocycles. The summed E-state index contributed by atoms with van der Waals surface area (Å²) in [5, 5.41) is 0. The van der Waals surface area contributed by atoms with Gasteiger partial charge in [-0.05, 0) is 40.0 Å². The second kappa shape index (κ2) is 4.34. The molecule has 14 heavy (non-hydrogen) atoms. The molecule has 0 bridgehead atoms. The molecule has 0 saturated carbocycles. The van der Waals surface area contributed by atoms with Gasteiger partial charge in [-0.1, -0.05) is 0 Å². The lowest BCUT2D eigenvalue weighted by atomic mass is 9.87. The fourth-order valence-electron chi connectivity index (χ4n) is 1.59. The average molecular weight is 236 g/mol. The van der Waals surface area contributed by atoms with Crippen molar-refractivity contribution in [3.05, 3.63) is 0 Å². The first-order chi connectivity index (χ1) is 6.34. The van der Waals surface area contributed by atoms with Crippen molar-refractivity contribution in [3.8, 4) is 0 Å². The molecule has 0 N–H and O–H groups in total. The van der Waals surface area contributed by atoms with Crippen molar-refractivity contribution in [1.29, 1.82) is 0 Å². The highest BCUT2D eigenvalue weighted by Crippen LogP contribution is 2.38. The Labute approximate surface area is 91.9 Å². The van der Waals surface area contributed by atoms with Gasteiger partial charge in [0.05, 0.1) is 23.4 Å². The fraction of sp³-hybridized carbons (Fsp3) is 1.00. The first kappa shape index (κ1) is 12.8. The number of rotatable bonds is 2. The summed E-state index contributed by atoms with van der Waals surface area (Å²) in [5.41, 5.74) is -0.435. The van der Waals surface area contributed by atoms with Gasteiger partial charge in [0, 0.05) is 0 Å². The molecular weight excluding hydrogens is 214 g/mol. The largest absolute Gasteiger partial charge is 0.366 e. The Morgan fingerprint density at radius 3 is 1.36 bits per heavy atom. The molecule has 0 radical (unpaired) electrons. The number of hydrogen-bond donors (Lipinski definition) is 0. The van der Waals surface area contributed by atoms with Gasteiger partial charge in [-0.25, -0.2) is 0 Å². The minimum Gasteiger partial charge on any atom is -0.366 e. The molecule has 4 atom stereocenters. The van der Waals surface area contributed by atoms with Crippen LogP contribution >= 0.6 is 18.5 Å². The van der Waals surface area contributed by atoms with E-state index < -0.39 is 0 Å². The quantitative estimate of drug-likeness (QED) is 0.683. The van der Waals surface area contributed by atoms with E-state index in [-0.39, 0.29) is 23.4 Å². The molecule has 0 spiro atoms. The summed E-state index contributed by atoms with van der Waals surface area (Å²) in [6, 6.07) is 0. The predicted molar refractivity (Wildman–Crippen MR) is 67.1 cm³/mol. The molecule has 84 valence electrons. The standard InChI is InChI=1S/C10H22O2P2/c1-9(2)10(3,4)12-8(6-14)7(5-13)11-9/h7-8H,5-6,13-14H2,1-4H3/t7-,8?/m0/s1. The topological polar surface area (TPSA) is 18.5 Å². The Balaban J connectivity index is 2.81. The van der Waals surface area contributed by atoms with Gasteiger partial charge in [0.15, 0.2) is 0 Å². The Morgan fingerprint density at radius 2 is 1.14 bits per heavy atom. The molecule has 0 amide bonds. The summed E-state index contributed by atoms with van der Waals surface area (Å²) >= 11 is 0. The summed E-state index contributed by atoms with van der Waals surface area (Å²) < 4.78 is 12.2. The highest BCUT2D eigenvalue weighted by Gasteiger charge is 2.48. The minimum absolute atomic E-state index is 0.195. The molecule has 1 rings (SSSR count). The van der Waals surface area contributed by atoms with Gasteiger partial charge < -0.3 is 9.47 Å². The van der Waals surface area contributed by atoms with E-state index >= 15 is 0 Å². The SMILES string of the molecule is CC1(C)OC(CP)[C@H](CP)OC1(C)C. The third kappa shape index (κ3) is 2.30. The third-order valence-electron chi connectivity index (χ3n) is 3.22. The van der Waals surface area contributed by atoms with Crippen LogP contribution < -0.4 is 0 Å². The van der Waals surface area contributed by atoms with E-state index in [4.69, 9.17) is 9.47 Å². The zero-order valence-electron chi connectivity index (χ0n) is 9.54. The number of hydrogen-bond acceptors (Lipinski definition) is 2. The minimum atomic E-state index is -0.218. The van der Waals surface area contributed by atoms with Crippen LogP contribution in [0.2, 0.25) is 0 Å². The van der Waals surface area contributed by atoms with E-state index in [9.17, 15) is 0 Å². The summed E-state index contributed by atoms with van der Waals surface area (Å²) in [4.78, 5) is 0. The highest BCUT2D eigenvalue weighted by molar-refractivity contribution is 7.17. The van der Waals surface area contributed by atoms with Crippen LogP contribution in [0.25, 0.3) is 0 Å². The summed E-state index contributed by atoms with van der Waals surface area (Å²) in [7, 11) is 5.47. The molecule has 1 heterocycles. The Kier molecular flexibility index (Phi) is 3.98. The monoisotopic (exact) mass is 236 g/mol. The van der Waals surface area contributed by atoms with E-state index in [0.717, 1.165) is 12.3 Å². The van der Waals surface area contributed by atoms with Crippen molar-refractivity contribution >= 4 is 18.5 Å². The van der Waals surface area contributed by atoms with Crippen molar-refractivity contribution in [2.24, 2.45) is 0 Å². The van der Waals surface area contributed by atoms with E-state index in [2.05, 4.69) is 46.2 Å². The zero-order chi connectivity index (χ0) is 11.0. The Hall–Kier alpha value is 0.780. The van der Waals surface area contributed by atoms with E-state index in [1.165, 1.54) is 0 Å². The highest BCUT2D eigenvalue weighted by atomic mass is 31.0. The smallest absolute Gasteiger partial charge is 0.0914 e. The van der Waals surface area contributed by atoms with Gasteiger partial charge in [0.1, 0.15) is 0 Å². The summed E-state index contributed by atoms with van der Waals surface area (Å²) in [6.45, 7) is 8.39. The van der Waals surface area contributed by atoms with E-state index in [1.54, 1.807) is 0 Å². The van der Waals surface area contributed by atoms with Gasteiger partial charge in [-0.15, -0.1) is 18.5 Å². The lowest BCUT2D eigenvalue weighted by Gasteiger charge is -2.51. The normalized spacial score (nSPS) is 35.6. The maximum atomic E-state index is 6.08. The zero-order valence-corrected chi connectivity index (χ0v) is 11.8. The van der Waals surface area contributed by atoms with Crippen LogP contribution in [-0.2, 0) is 9.47 Å². The van der Waals surface area contributed by atoms with Crippen LogP contribution in [0.1, 0.15) is 27.7 Å². The van der Waals surface area contributed by atoms with Gasteiger partial charge in [-0.2, -0.15) is 0 Å². The van der Waals surface area contributed by atoms with Crippen LogP contribution in [0.3, 0.4) is 0 Å². The first-order valence-electron chi connectivity index (χ1n) is 5.10. The van der Waals surface area contributed by atoms with Crippen molar-refractivity contribution < 1.29 is 9.47 Å². The second-order valence-electron chi connectivity index (χ2n) is 4.80. The van der Waals surface area contributed by atoms with Crippen molar-refractivity contribution in [1.82, 2.24) is 0 Å². The molecule has 1 fully saturated rings. The van der Waals surface area contributed by atoms with Gasteiger partial charge in [-0.3, -0.25) is 0 Å². The maximum Gasteiger partial charge on any atom is 0.0914 e. The molecule has 0 aromatic heterocycles. The summed E-state index contributed by atoms with van der Waals surface area (Å²) in [5.74, 6) is 0. The molecule has 0 aromatic carbocycles. The van der Waals surface area contributed by atoms with Gasteiger partial charge in [0.25, 0.3) is 0 Å². The lowest BCUT2D eigenvalue weighted by molar-refractivity contribution is -0.283. The summed E-state index contributed by atoms with van der Waals surface area (Å²) in [6.07, 6.45) is 2.25. The predicted octanol–water partition coefficient (Wildman–Crippen LogP) is 2.08. The molecule has 2 nitrogen and oxygen atoms in total. The molecule has 3 unspecified atom stereocenters. The van der Waals surface area contributed by atoms with Crippen LogP contribution in [0.4, 0.5) is 0 Å². The Morgan fingerprint density at radius 1 is 0.857 bits per heavy atom.